The number of Topliss-reactive ketones (excluding diaryl/α,β-unsaturated/α-hetero) is 1. The fourth-order valence-electron chi connectivity index (χ4n) is 1.34. The minimum Gasteiger partial charge on any atom is -0.340 e. The monoisotopic (exact) mass is 201 g/mol. The Bertz CT molecular complexity index is 462. The molecule has 0 atom stereocenters. The number of pyridine rings is 1. The molecule has 0 aliphatic heterocycles. The highest BCUT2D eigenvalue weighted by atomic mass is 16.1. The van der Waals surface area contributed by atoms with Crippen LogP contribution in [0, 0.1) is 0 Å². The molecule has 2 rings (SSSR count). The van der Waals surface area contributed by atoms with E-state index in [-0.39, 0.29) is 5.78 Å². The highest BCUT2D eigenvalue weighted by Gasteiger charge is 2.05. The molecular formula is C11H11N3O. The standard InChI is InChI=1S/C11H11N3O/c1-8(15)6-11-13-7-10(14-11)9-4-2-3-5-12-9/h2-5,7H,6H2,1H3,(H,13,14). The molecular weight excluding hydrogens is 190 g/mol. The van der Waals surface area contributed by atoms with E-state index in [9.17, 15) is 4.79 Å². The molecule has 2 aromatic heterocycles. The summed E-state index contributed by atoms with van der Waals surface area (Å²) in [6.07, 6.45) is 3.76. The smallest absolute Gasteiger partial charge is 0.137 e. The highest BCUT2D eigenvalue weighted by molar-refractivity contribution is 5.77. The van der Waals surface area contributed by atoms with Crippen molar-refractivity contribution in [3.8, 4) is 11.4 Å². The molecule has 2 aromatic rings. The van der Waals surface area contributed by atoms with Crippen molar-refractivity contribution in [2.75, 3.05) is 0 Å². The van der Waals surface area contributed by atoms with Gasteiger partial charge in [-0.2, -0.15) is 0 Å². The van der Waals surface area contributed by atoms with Crippen LogP contribution in [-0.2, 0) is 11.2 Å². The van der Waals surface area contributed by atoms with Crippen LogP contribution in [0.15, 0.2) is 30.6 Å². The maximum absolute atomic E-state index is 10.9. The average Bonchev–Trinajstić information content (AvgIpc) is 2.67. The van der Waals surface area contributed by atoms with Gasteiger partial charge in [0.2, 0.25) is 0 Å². The molecule has 4 heteroatoms. The number of nitrogens with one attached hydrogen (secondary N) is 1. The number of ketones is 1. The van der Waals surface area contributed by atoms with Crippen LogP contribution < -0.4 is 0 Å². The van der Waals surface area contributed by atoms with E-state index in [1.165, 1.54) is 0 Å². The molecule has 0 fully saturated rings. The summed E-state index contributed by atoms with van der Waals surface area (Å²) in [5.41, 5.74) is 1.67. The predicted molar refractivity (Wildman–Crippen MR) is 56.2 cm³/mol. The zero-order valence-electron chi connectivity index (χ0n) is 8.40. The Labute approximate surface area is 87.4 Å². The predicted octanol–water partition coefficient (Wildman–Crippen LogP) is 1.60. The highest BCUT2D eigenvalue weighted by Crippen LogP contribution is 2.13. The second-order valence-corrected chi connectivity index (χ2v) is 3.34. The van der Waals surface area contributed by atoms with Crippen molar-refractivity contribution in [1.29, 1.82) is 0 Å². The normalized spacial score (nSPS) is 10.2. The van der Waals surface area contributed by atoms with Gasteiger partial charge in [0.05, 0.1) is 24.0 Å². The summed E-state index contributed by atoms with van der Waals surface area (Å²) in [5.74, 6) is 0.778. The maximum atomic E-state index is 10.9. The van der Waals surface area contributed by atoms with Crippen LogP contribution in [0.25, 0.3) is 11.4 Å². The third-order valence-electron chi connectivity index (χ3n) is 1.99. The number of hydrogen-bond donors (Lipinski definition) is 1. The van der Waals surface area contributed by atoms with E-state index in [0.717, 1.165) is 11.4 Å². The van der Waals surface area contributed by atoms with Gasteiger partial charge >= 0.3 is 0 Å². The molecule has 0 aromatic carbocycles. The van der Waals surface area contributed by atoms with Crippen molar-refractivity contribution in [3.63, 3.8) is 0 Å². The number of hydrogen-bond acceptors (Lipinski definition) is 3. The molecule has 0 radical (unpaired) electrons. The zero-order valence-corrected chi connectivity index (χ0v) is 8.40. The van der Waals surface area contributed by atoms with Gasteiger partial charge in [0.25, 0.3) is 0 Å². The Kier molecular flexibility index (Phi) is 2.58. The van der Waals surface area contributed by atoms with Crippen LogP contribution in [0.1, 0.15) is 12.7 Å². The van der Waals surface area contributed by atoms with E-state index in [4.69, 9.17) is 0 Å². The summed E-state index contributed by atoms with van der Waals surface area (Å²) < 4.78 is 0. The molecule has 0 amide bonds. The number of carbonyl (C=O) groups excluding carboxylic acids is 1. The Hall–Kier alpha value is -1.97. The van der Waals surface area contributed by atoms with E-state index < -0.39 is 0 Å². The number of nitrogens with zero attached hydrogens (tertiary/aromatic N) is 2. The minimum absolute atomic E-state index is 0.0944. The van der Waals surface area contributed by atoms with Crippen molar-refractivity contribution < 1.29 is 4.79 Å². The Morgan fingerprint density at radius 3 is 2.93 bits per heavy atom. The van der Waals surface area contributed by atoms with Crippen LogP contribution in [-0.4, -0.2) is 20.7 Å². The van der Waals surface area contributed by atoms with Gasteiger partial charge in [-0.15, -0.1) is 0 Å². The van der Waals surface area contributed by atoms with E-state index in [1.807, 2.05) is 18.2 Å². The molecule has 4 nitrogen and oxygen atoms in total. The second-order valence-electron chi connectivity index (χ2n) is 3.34. The van der Waals surface area contributed by atoms with Crippen molar-refractivity contribution in [2.45, 2.75) is 13.3 Å². The van der Waals surface area contributed by atoms with Crippen LogP contribution in [0.3, 0.4) is 0 Å². The Morgan fingerprint density at radius 1 is 1.40 bits per heavy atom. The molecule has 2 heterocycles. The van der Waals surface area contributed by atoms with E-state index in [0.29, 0.717) is 12.2 Å². The molecule has 0 saturated heterocycles. The van der Waals surface area contributed by atoms with Crippen molar-refractivity contribution in [3.05, 3.63) is 36.4 Å². The summed E-state index contributed by atoms with van der Waals surface area (Å²) in [7, 11) is 0. The molecule has 0 bridgehead atoms. The van der Waals surface area contributed by atoms with Gasteiger partial charge in [0.15, 0.2) is 0 Å². The Morgan fingerprint density at radius 2 is 2.27 bits per heavy atom. The van der Waals surface area contributed by atoms with Crippen LogP contribution in [0.4, 0.5) is 0 Å². The summed E-state index contributed by atoms with van der Waals surface area (Å²) in [6.45, 7) is 1.54. The number of imidazole rings is 1. The number of aromatic amines is 1. The van der Waals surface area contributed by atoms with Gasteiger partial charge in [-0.1, -0.05) is 6.07 Å². The molecule has 1 N–H and O–H groups in total. The fourth-order valence-corrected chi connectivity index (χ4v) is 1.34. The molecule has 0 aliphatic rings. The first-order chi connectivity index (χ1) is 7.25. The molecule has 76 valence electrons. The third-order valence-corrected chi connectivity index (χ3v) is 1.99. The first-order valence-electron chi connectivity index (χ1n) is 4.70. The molecule has 15 heavy (non-hydrogen) atoms. The van der Waals surface area contributed by atoms with E-state index >= 15 is 0 Å². The lowest BCUT2D eigenvalue weighted by Gasteiger charge is -1.94. The van der Waals surface area contributed by atoms with E-state index in [2.05, 4.69) is 15.0 Å². The molecule has 0 saturated carbocycles. The van der Waals surface area contributed by atoms with Crippen LogP contribution >= 0.6 is 0 Å². The van der Waals surface area contributed by atoms with Crippen LogP contribution in [0.2, 0.25) is 0 Å². The number of carbonyl (C=O) groups is 1. The lowest BCUT2D eigenvalue weighted by atomic mass is 10.3. The third kappa shape index (κ3) is 2.28. The van der Waals surface area contributed by atoms with Gasteiger partial charge in [-0.05, 0) is 19.1 Å². The zero-order chi connectivity index (χ0) is 10.7. The number of H-pyrrole nitrogens is 1. The first-order valence-corrected chi connectivity index (χ1v) is 4.70. The van der Waals surface area contributed by atoms with Gasteiger partial charge in [-0.25, -0.2) is 4.98 Å². The fraction of sp³-hybridized carbons (Fsp3) is 0.182. The molecule has 0 aliphatic carbocycles. The summed E-state index contributed by atoms with van der Waals surface area (Å²) >= 11 is 0. The largest absolute Gasteiger partial charge is 0.340 e. The molecule has 0 spiro atoms. The number of rotatable bonds is 3. The SMILES string of the molecule is CC(=O)Cc1ncc(-c2ccccn2)[nH]1. The van der Waals surface area contributed by atoms with Crippen LogP contribution in [0.5, 0.6) is 0 Å². The minimum atomic E-state index is 0.0944. The number of aromatic nitrogens is 3. The van der Waals surface area contributed by atoms with Crippen molar-refractivity contribution in [1.82, 2.24) is 15.0 Å². The topological polar surface area (TPSA) is 58.6 Å². The lowest BCUT2D eigenvalue weighted by molar-refractivity contribution is -0.116. The summed E-state index contributed by atoms with van der Waals surface area (Å²) in [4.78, 5) is 22.3. The Balaban J connectivity index is 2.24. The quantitative estimate of drug-likeness (QED) is 0.820. The average molecular weight is 201 g/mol. The summed E-state index contributed by atoms with van der Waals surface area (Å²) in [5, 5.41) is 0. The van der Waals surface area contributed by atoms with Gasteiger partial charge in [-0.3, -0.25) is 9.78 Å². The van der Waals surface area contributed by atoms with Gasteiger partial charge in [0, 0.05) is 6.20 Å². The second kappa shape index (κ2) is 4.04. The summed E-state index contributed by atoms with van der Waals surface area (Å²) in [6, 6.07) is 5.66. The first kappa shape index (κ1) is 9.58. The van der Waals surface area contributed by atoms with Crippen molar-refractivity contribution in [2.24, 2.45) is 0 Å². The van der Waals surface area contributed by atoms with E-state index in [1.54, 1.807) is 19.3 Å². The van der Waals surface area contributed by atoms with Gasteiger partial charge in [0.1, 0.15) is 11.6 Å². The lowest BCUT2D eigenvalue weighted by Crippen LogP contribution is -1.97. The van der Waals surface area contributed by atoms with Gasteiger partial charge < -0.3 is 4.98 Å². The maximum Gasteiger partial charge on any atom is 0.137 e. The van der Waals surface area contributed by atoms with Crippen molar-refractivity contribution >= 4 is 5.78 Å². The molecule has 0 unspecified atom stereocenters.